The zero-order chi connectivity index (χ0) is 16.4. The minimum absolute atomic E-state index is 0.0454. The van der Waals surface area contributed by atoms with Crippen molar-refractivity contribution in [1.29, 1.82) is 5.26 Å². The first-order chi connectivity index (χ1) is 11.1. The van der Waals surface area contributed by atoms with Gasteiger partial charge in [0.05, 0.1) is 23.9 Å². The molecule has 3 rings (SSSR count). The van der Waals surface area contributed by atoms with E-state index in [1.54, 1.807) is 18.2 Å². The van der Waals surface area contributed by atoms with Crippen molar-refractivity contribution >= 4 is 33.0 Å². The molecular weight excluding hydrogens is 356 g/mol. The lowest BCUT2D eigenvalue weighted by Crippen LogP contribution is -2.05. The minimum Gasteiger partial charge on any atom is -0.379 e. The second-order valence-electron chi connectivity index (χ2n) is 5.13. The zero-order valence-corrected chi connectivity index (χ0v) is 14.0. The maximum atomic E-state index is 11.7. The van der Waals surface area contributed by atoms with Crippen molar-refractivity contribution in [2.75, 3.05) is 5.32 Å². The summed E-state index contributed by atoms with van der Waals surface area (Å²) in [4.78, 5) is 16.2. The topological polar surface area (TPSA) is 70.2 Å². The molecule has 23 heavy (non-hydrogen) atoms. The van der Waals surface area contributed by atoms with Gasteiger partial charge in [0.2, 0.25) is 0 Å². The van der Waals surface area contributed by atoms with Crippen molar-refractivity contribution in [2.45, 2.75) is 13.5 Å². The number of pyridine rings is 1. The summed E-state index contributed by atoms with van der Waals surface area (Å²) >= 11 is 3.43. The smallest absolute Gasteiger partial charge is 0.161 e. The number of nitrogens with one attached hydrogen (secondary N) is 1. The number of aromatic nitrogens is 2. The Labute approximate surface area is 141 Å². The number of hydrogen-bond donors (Lipinski definition) is 1. The first-order valence-corrected chi connectivity index (χ1v) is 7.78. The van der Waals surface area contributed by atoms with E-state index in [-0.39, 0.29) is 5.78 Å². The molecule has 2 heterocycles. The molecule has 0 atom stereocenters. The third-order valence-corrected chi connectivity index (χ3v) is 3.92. The summed E-state index contributed by atoms with van der Waals surface area (Å²) in [7, 11) is 0. The highest BCUT2D eigenvalue weighted by atomic mass is 79.9. The van der Waals surface area contributed by atoms with Gasteiger partial charge in [-0.25, -0.2) is 4.98 Å². The lowest BCUT2D eigenvalue weighted by molar-refractivity contribution is 0.101. The van der Waals surface area contributed by atoms with Crippen molar-refractivity contribution in [3.63, 3.8) is 0 Å². The molecule has 5 nitrogen and oxygen atoms in total. The molecule has 0 spiro atoms. The van der Waals surface area contributed by atoms with Crippen LogP contribution in [-0.2, 0) is 6.54 Å². The predicted octanol–water partition coefficient (Wildman–Crippen LogP) is 3.78. The van der Waals surface area contributed by atoms with Crippen LogP contribution in [-0.4, -0.2) is 15.2 Å². The summed E-state index contributed by atoms with van der Waals surface area (Å²) in [5, 5.41) is 12.2. The third-order valence-electron chi connectivity index (χ3n) is 3.45. The number of hydrogen-bond acceptors (Lipinski definition) is 4. The van der Waals surface area contributed by atoms with Gasteiger partial charge in [0.25, 0.3) is 0 Å². The fraction of sp³-hybridized carbons (Fsp3) is 0.118. The number of benzene rings is 1. The molecule has 0 bridgehead atoms. The minimum atomic E-state index is -0.0454. The highest BCUT2D eigenvalue weighted by molar-refractivity contribution is 9.10. The van der Waals surface area contributed by atoms with Gasteiger partial charge in [-0.15, -0.1) is 0 Å². The SMILES string of the molecule is CC(=O)c1ccc(C#N)cc1NCc1cn2cc(Br)ccc2n1. The van der Waals surface area contributed by atoms with E-state index in [1.807, 2.05) is 28.9 Å². The van der Waals surface area contributed by atoms with Crippen molar-refractivity contribution in [3.05, 3.63) is 64.0 Å². The summed E-state index contributed by atoms with van der Waals surface area (Å²) in [5.41, 5.74) is 3.42. The number of fused-ring (bicyclic) bond motifs is 1. The zero-order valence-electron chi connectivity index (χ0n) is 12.4. The second-order valence-corrected chi connectivity index (χ2v) is 6.04. The molecule has 2 aromatic heterocycles. The molecule has 3 aromatic rings. The van der Waals surface area contributed by atoms with E-state index in [0.717, 1.165) is 15.8 Å². The number of anilines is 1. The van der Waals surface area contributed by atoms with Crippen LogP contribution in [0.1, 0.15) is 28.5 Å². The molecular formula is C17H13BrN4O. The number of halogens is 1. The number of carbonyl (C=O) groups is 1. The van der Waals surface area contributed by atoms with Gasteiger partial charge in [-0.3, -0.25) is 4.79 Å². The molecule has 0 saturated carbocycles. The van der Waals surface area contributed by atoms with Crippen LogP contribution in [0.25, 0.3) is 5.65 Å². The first-order valence-electron chi connectivity index (χ1n) is 6.99. The Kier molecular flexibility index (Phi) is 4.13. The van der Waals surface area contributed by atoms with E-state index in [4.69, 9.17) is 5.26 Å². The summed E-state index contributed by atoms with van der Waals surface area (Å²) in [6, 6.07) is 10.9. The molecule has 6 heteroatoms. The van der Waals surface area contributed by atoms with Crippen molar-refractivity contribution < 1.29 is 4.79 Å². The molecule has 0 aliphatic heterocycles. The molecule has 1 N–H and O–H groups in total. The number of nitriles is 1. The van der Waals surface area contributed by atoms with Gasteiger partial charge in [-0.1, -0.05) is 0 Å². The Bertz CT molecular complexity index is 939. The largest absolute Gasteiger partial charge is 0.379 e. The van der Waals surface area contributed by atoms with Crippen LogP contribution in [0.15, 0.2) is 47.2 Å². The normalized spacial score (nSPS) is 10.5. The second kappa shape index (κ2) is 6.23. The molecule has 0 fully saturated rings. The van der Waals surface area contributed by atoms with Crippen LogP contribution in [0.3, 0.4) is 0 Å². The summed E-state index contributed by atoms with van der Waals surface area (Å²) in [5.74, 6) is -0.0454. The molecule has 1 aromatic carbocycles. The van der Waals surface area contributed by atoms with Gasteiger partial charge in [0.1, 0.15) is 5.65 Å². The molecule has 0 aliphatic rings. The van der Waals surface area contributed by atoms with Gasteiger partial charge in [0, 0.05) is 28.1 Å². The van der Waals surface area contributed by atoms with Crippen molar-refractivity contribution in [2.24, 2.45) is 0 Å². The fourth-order valence-electron chi connectivity index (χ4n) is 2.36. The average Bonchev–Trinajstić information content (AvgIpc) is 2.94. The predicted molar refractivity (Wildman–Crippen MR) is 91.4 cm³/mol. The highest BCUT2D eigenvalue weighted by Gasteiger charge is 2.09. The molecule has 0 aliphatic carbocycles. The Morgan fingerprint density at radius 2 is 2.17 bits per heavy atom. The number of rotatable bonds is 4. The van der Waals surface area contributed by atoms with E-state index in [2.05, 4.69) is 32.3 Å². The van der Waals surface area contributed by atoms with E-state index < -0.39 is 0 Å². The summed E-state index contributed by atoms with van der Waals surface area (Å²) in [6.07, 6.45) is 3.86. The van der Waals surface area contributed by atoms with Gasteiger partial charge in [-0.2, -0.15) is 5.26 Å². The third kappa shape index (κ3) is 3.25. The van der Waals surface area contributed by atoms with E-state index in [9.17, 15) is 4.79 Å². The number of carbonyl (C=O) groups excluding carboxylic acids is 1. The Balaban J connectivity index is 1.86. The van der Waals surface area contributed by atoms with E-state index in [0.29, 0.717) is 23.4 Å². The van der Waals surface area contributed by atoms with Crippen LogP contribution in [0.4, 0.5) is 5.69 Å². The van der Waals surface area contributed by atoms with Crippen LogP contribution in [0.2, 0.25) is 0 Å². The quantitative estimate of drug-likeness (QED) is 0.711. The molecule has 0 amide bonds. The summed E-state index contributed by atoms with van der Waals surface area (Å²) in [6.45, 7) is 1.98. The van der Waals surface area contributed by atoms with Crippen molar-refractivity contribution in [1.82, 2.24) is 9.38 Å². The van der Waals surface area contributed by atoms with Gasteiger partial charge < -0.3 is 9.72 Å². The average molecular weight is 369 g/mol. The number of ketones is 1. The number of Topliss-reactive ketones (excluding diaryl/α,β-unsaturated/α-hetero) is 1. The fourth-order valence-corrected chi connectivity index (χ4v) is 2.71. The Morgan fingerprint density at radius 3 is 2.91 bits per heavy atom. The van der Waals surface area contributed by atoms with Crippen LogP contribution in [0, 0.1) is 11.3 Å². The van der Waals surface area contributed by atoms with E-state index in [1.165, 1.54) is 6.92 Å². The van der Waals surface area contributed by atoms with Crippen LogP contribution >= 0.6 is 15.9 Å². The lowest BCUT2D eigenvalue weighted by Gasteiger charge is -2.09. The number of nitrogens with zero attached hydrogens (tertiary/aromatic N) is 3. The molecule has 114 valence electrons. The van der Waals surface area contributed by atoms with Gasteiger partial charge in [0.15, 0.2) is 5.78 Å². The van der Waals surface area contributed by atoms with Gasteiger partial charge >= 0.3 is 0 Å². The lowest BCUT2D eigenvalue weighted by atomic mass is 10.1. The monoisotopic (exact) mass is 368 g/mol. The van der Waals surface area contributed by atoms with Crippen LogP contribution < -0.4 is 5.32 Å². The molecule has 0 saturated heterocycles. The van der Waals surface area contributed by atoms with E-state index >= 15 is 0 Å². The Morgan fingerprint density at radius 1 is 1.35 bits per heavy atom. The molecule has 0 unspecified atom stereocenters. The first kappa shape index (κ1) is 15.3. The standard InChI is InChI=1S/C17H13BrN4O/c1-11(23)15-4-2-12(7-19)6-16(15)20-8-14-10-22-9-13(18)3-5-17(22)21-14/h2-6,9-10,20H,8H2,1H3. The molecule has 0 radical (unpaired) electrons. The maximum Gasteiger partial charge on any atom is 0.161 e. The maximum absolute atomic E-state index is 11.7. The summed E-state index contributed by atoms with van der Waals surface area (Å²) < 4.78 is 2.90. The van der Waals surface area contributed by atoms with Crippen LogP contribution in [0.5, 0.6) is 0 Å². The highest BCUT2D eigenvalue weighted by Crippen LogP contribution is 2.20. The van der Waals surface area contributed by atoms with Gasteiger partial charge in [-0.05, 0) is 53.2 Å². The van der Waals surface area contributed by atoms with Crippen molar-refractivity contribution in [3.8, 4) is 6.07 Å². The Hall–Kier alpha value is -2.65. The number of imidazole rings is 1.